The van der Waals surface area contributed by atoms with Gasteiger partial charge in [-0.05, 0) is 30.3 Å². The lowest BCUT2D eigenvalue weighted by Gasteiger charge is -2.17. The van der Waals surface area contributed by atoms with Gasteiger partial charge in [-0.2, -0.15) is 0 Å². The van der Waals surface area contributed by atoms with Crippen LogP contribution in [0.4, 0.5) is 11.4 Å². The van der Waals surface area contributed by atoms with Crippen LogP contribution in [-0.4, -0.2) is 17.9 Å². The molecule has 0 bridgehead atoms. The van der Waals surface area contributed by atoms with Gasteiger partial charge in [0.05, 0.1) is 28.2 Å². The monoisotopic (exact) mass is 394 g/mol. The molecule has 140 valence electrons. The first kappa shape index (κ1) is 17.9. The first-order valence-corrected chi connectivity index (χ1v) is 9.09. The second-order valence-electron chi connectivity index (χ2n) is 5.90. The van der Waals surface area contributed by atoms with Gasteiger partial charge in [0.1, 0.15) is 17.3 Å². The molecule has 0 spiro atoms. The maximum absolute atomic E-state index is 12.3. The summed E-state index contributed by atoms with van der Waals surface area (Å²) in [5.41, 5.74) is 1.18. The van der Waals surface area contributed by atoms with Gasteiger partial charge < -0.3 is 14.5 Å². The number of nitro groups is 1. The third kappa shape index (κ3) is 3.37. The van der Waals surface area contributed by atoms with E-state index >= 15 is 0 Å². The van der Waals surface area contributed by atoms with Crippen molar-refractivity contribution in [3.8, 4) is 17.1 Å². The van der Waals surface area contributed by atoms with Crippen molar-refractivity contribution in [1.82, 2.24) is 0 Å². The molecule has 1 aliphatic rings. The Bertz CT molecular complexity index is 1120. The molecular weight excluding hydrogens is 380 g/mol. The molecule has 1 aliphatic heterocycles. The molecule has 4 rings (SSSR count). The molecule has 28 heavy (non-hydrogen) atoms. The zero-order chi connectivity index (χ0) is 19.7. The summed E-state index contributed by atoms with van der Waals surface area (Å²) >= 11 is 1.35. The van der Waals surface area contributed by atoms with Crippen molar-refractivity contribution in [3.63, 3.8) is 0 Å². The van der Waals surface area contributed by atoms with Crippen molar-refractivity contribution in [1.29, 1.82) is 0 Å². The van der Waals surface area contributed by atoms with E-state index in [1.807, 2.05) is 24.3 Å². The second-order valence-corrected chi connectivity index (χ2v) is 6.99. The molecule has 0 unspecified atom stereocenters. The van der Waals surface area contributed by atoms with Crippen LogP contribution in [0.25, 0.3) is 17.4 Å². The molecule has 0 saturated carbocycles. The number of nitrogens with one attached hydrogen (secondary N) is 1. The minimum Gasteiger partial charge on any atom is -0.496 e. The van der Waals surface area contributed by atoms with Crippen LogP contribution >= 0.6 is 11.8 Å². The second kappa shape index (κ2) is 7.24. The summed E-state index contributed by atoms with van der Waals surface area (Å²) in [6.07, 6.45) is 1.64. The zero-order valence-corrected chi connectivity index (χ0v) is 15.5. The van der Waals surface area contributed by atoms with Crippen LogP contribution in [-0.2, 0) is 4.79 Å². The number of thioether (sulfide) groups is 1. The summed E-state index contributed by atoms with van der Waals surface area (Å²) in [7, 11) is 1.48. The van der Waals surface area contributed by atoms with Crippen LogP contribution in [0.2, 0.25) is 0 Å². The summed E-state index contributed by atoms with van der Waals surface area (Å²) in [4.78, 5) is 24.3. The number of para-hydroxylation sites is 1. The molecule has 8 heteroatoms. The highest BCUT2D eigenvalue weighted by Gasteiger charge is 2.21. The molecule has 7 nitrogen and oxygen atoms in total. The minimum atomic E-state index is -0.477. The molecule has 0 saturated heterocycles. The number of methoxy groups -OCH3 is 1. The quantitative estimate of drug-likeness (QED) is 0.382. The fraction of sp³-hybridized carbons (Fsp3) is 0.0500. The molecule has 0 aliphatic carbocycles. The Morgan fingerprint density at radius 2 is 2.00 bits per heavy atom. The average Bonchev–Trinajstić information content (AvgIpc) is 3.16. The number of carbonyl (C=O) groups is 1. The highest BCUT2D eigenvalue weighted by molar-refractivity contribution is 8.04. The molecular formula is C20H14N2O5S. The van der Waals surface area contributed by atoms with E-state index in [-0.39, 0.29) is 11.6 Å². The van der Waals surface area contributed by atoms with Crippen LogP contribution in [0, 0.1) is 10.1 Å². The number of rotatable bonds is 4. The van der Waals surface area contributed by atoms with Crippen molar-refractivity contribution in [2.45, 2.75) is 4.90 Å². The summed E-state index contributed by atoms with van der Waals surface area (Å²) in [6, 6.07) is 15.2. The number of carbonyl (C=O) groups excluding carboxylic acids is 1. The number of benzene rings is 2. The van der Waals surface area contributed by atoms with Gasteiger partial charge in [0.2, 0.25) is 0 Å². The molecule has 2 heterocycles. The topological polar surface area (TPSA) is 94.6 Å². The van der Waals surface area contributed by atoms with Gasteiger partial charge in [-0.15, -0.1) is 0 Å². The Kier molecular flexibility index (Phi) is 4.62. The van der Waals surface area contributed by atoms with E-state index in [0.29, 0.717) is 27.7 Å². The van der Waals surface area contributed by atoms with Crippen molar-refractivity contribution < 1.29 is 18.9 Å². The van der Waals surface area contributed by atoms with E-state index in [1.54, 1.807) is 18.2 Å². The molecule has 3 aromatic rings. The Hall–Kier alpha value is -3.52. The highest BCUT2D eigenvalue weighted by atomic mass is 32.2. The number of nitrogens with zero attached hydrogens (tertiary/aromatic N) is 1. The number of non-ortho nitro benzene ring substituents is 1. The van der Waals surface area contributed by atoms with E-state index < -0.39 is 4.92 Å². The van der Waals surface area contributed by atoms with E-state index in [2.05, 4.69) is 5.32 Å². The Morgan fingerprint density at radius 1 is 1.18 bits per heavy atom. The summed E-state index contributed by atoms with van der Waals surface area (Å²) in [5.74, 6) is 1.11. The van der Waals surface area contributed by atoms with E-state index in [1.165, 1.54) is 37.1 Å². The molecule has 1 N–H and O–H groups in total. The minimum absolute atomic E-state index is 0.0640. The Labute approximate surface area is 164 Å². The lowest BCUT2D eigenvalue weighted by molar-refractivity contribution is -0.384. The zero-order valence-electron chi connectivity index (χ0n) is 14.7. The van der Waals surface area contributed by atoms with Crippen LogP contribution in [0.1, 0.15) is 5.76 Å². The maximum Gasteiger partial charge on any atom is 0.270 e. The van der Waals surface area contributed by atoms with E-state index in [0.717, 1.165) is 10.6 Å². The van der Waals surface area contributed by atoms with Crippen LogP contribution in [0.15, 0.2) is 68.8 Å². The molecule has 1 aromatic heterocycles. The van der Waals surface area contributed by atoms with Crippen molar-refractivity contribution >= 4 is 35.1 Å². The van der Waals surface area contributed by atoms with Gasteiger partial charge in [0, 0.05) is 23.1 Å². The van der Waals surface area contributed by atoms with Crippen molar-refractivity contribution in [2.75, 3.05) is 12.4 Å². The number of amides is 1. The summed E-state index contributed by atoms with van der Waals surface area (Å²) in [6.45, 7) is 0. The predicted molar refractivity (Wildman–Crippen MR) is 106 cm³/mol. The predicted octanol–water partition coefficient (Wildman–Crippen LogP) is 4.95. The first-order chi connectivity index (χ1) is 13.5. The number of nitro benzene ring substituents is 1. The molecule has 0 radical (unpaired) electrons. The maximum atomic E-state index is 12.3. The van der Waals surface area contributed by atoms with Gasteiger partial charge in [0.25, 0.3) is 11.6 Å². The van der Waals surface area contributed by atoms with Crippen molar-refractivity contribution in [3.05, 3.63) is 75.4 Å². The van der Waals surface area contributed by atoms with E-state index in [4.69, 9.17) is 9.15 Å². The largest absolute Gasteiger partial charge is 0.496 e. The number of fused-ring (bicyclic) bond motifs is 1. The summed E-state index contributed by atoms with van der Waals surface area (Å²) in [5, 5.41) is 13.9. The highest BCUT2D eigenvalue weighted by Crippen LogP contribution is 2.39. The normalized spacial score (nSPS) is 14.5. The molecule has 0 atom stereocenters. The third-order valence-corrected chi connectivity index (χ3v) is 5.24. The van der Waals surface area contributed by atoms with Crippen LogP contribution in [0.5, 0.6) is 5.75 Å². The molecule has 2 aromatic carbocycles. The van der Waals surface area contributed by atoms with Gasteiger partial charge in [-0.1, -0.05) is 23.9 Å². The smallest absolute Gasteiger partial charge is 0.270 e. The fourth-order valence-electron chi connectivity index (χ4n) is 2.81. The Morgan fingerprint density at radius 3 is 2.79 bits per heavy atom. The van der Waals surface area contributed by atoms with Gasteiger partial charge >= 0.3 is 0 Å². The first-order valence-electron chi connectivity index (χ1n) is 8.28. The van der Waals surface area contributed by atoms with Crippen molar-refractivity contribution in [2.24, 2.45) is 0 Å². The SMILES string of the molecule is COc1ccc([N+](=O)[O-])cc1-c1ccc(/C=C2\Sc3ccccc3NC2=O)o1. The number of hydrogen-bond acceptors (Lipinski definition) is 6. The standard InChI is InChI=1S/C20H14N2O5S/c1-26-16-8-6-12(22(24)25)10-14(16)17-9-7-13(27-17)11-19-20(23)21-15-4-2-3-5-18(15)28-19/h2-11H,1H3,(H,21,23)/b19-11-. The fourth-order valence-corrected chi connectivity index (χ4v) is 3.74. The number of hydrogen-bond donors (Lipinski definition) is 1. The van der Waals surface area contributed by atoms with Crippen LogP contribution in [0.3, 0.4) is 0 Å². The van der Waals surface area contributed by atoms with Gasteiger partial charge in [-0.25, -0.2) is 0 Å². The van der Waals surface area contributed by atoms with Crippen LogP contribution < -0.4 is 10.1 Å². The number of furan rings is 1. The lowest BCUT2D eigenvalue weighted by Crippen LogP contribution is -2.16. The lowest BCUT2D eigenvalue weighted by atomic mass is 10.1. The molecule has 1 amide bonds. The van der Waals surface area contributed by atoms with E-state index in [9.17, 15) is 14.9 Å². The van der Waals surface area contributed by atoms with Gasteiger partial charge in [0.15, 0.2) is 0 Å². The molecule has 0 fully saturated rings. The summed E-state index contributed by atoms with van der Waals surface area (Å²) < 4.78 is 11.1. The number of anilines is 1. The average molecular weight is 394 g/mol. The third-order valence-electron chi connectivity index (χ3n) is 4.14. The van der Waals surface area contributed by atoms with Gasteiger partial charge in [-0.3, -0.25) is 14.9 Å². The number of ether oxygens (including phenoxy) is 1. The Balaban J connectivity index is 1.67.